The van der Waals surface area contributed by atoms with Gasteiger partial charge in [-0.2, -0.15) is 11.8 Å². The van der Waals surface area contributed by atoms with Crippen LogP contribution >= 0.6 is 23.4 Å². The highest BCUT2D eigenvalue weighted by atomic mass is 35.5. The Bertz CT molecular complexity index is 500. The van der Waals surface area contributed by atoms with Crippen LogP contribution in [-0.4, -0.2) is 26.9 Å². The molecule has 0 fully saturated rings. The Morgan fingerprint density at radius 3 is 3.06 bits per heavy atom. The summed E-state index contributed by atoms with van der Waals surface area (Å²) in [7, 11) is 0. The number of pyridine rings is 1. The highest BCUT2D eigenvalue weighted by molar-refractivity contribution is 7.98. The molecule has 0 spiro atoms. The van der Waals surface area contributed by atoms with E-state index < -0.39 is 0 Å². The molecular weight excluding hydrogens is 256 g/mol. The van der Waals surface area contributed by atoms with Crippen LogP contribution in [0.15, 0.2) is 24.5 Å². The normalized spacial score (nSPS) is 13.1. The fraction of sp³-hybridized carbons (Fsp3) is 0.417. The van der Waals surface area contributed by atoms with Gasteiger partial charge >= 0.3 is 0 Å². The Morgan fingerprint density at radius 1 is 1.47 bits per heavy atom. The molecule has 5 heteroatoms. The third kappa shape index (κ3) is 3.37. The van der Waals surface area contributed by atoms with E-state index in [1.807, 2.05) is 35.9 Å². The number of halogens is 1. The molecule has 17 heavy (non-hydrogen) atoms. The van der Waals surface area contributed by atoms with Crippen LogP contribution in [0.4, 0.5) is 0 Å². The molecule has 0 saturated carbocycles. The quantitative estimate of drug-likeness (QED) is 0.908. The first kappa shape index (κ1) is 12.7. The molecule has 2 aromatic heterocycles. The number of aliphatic hydroxyl groups is 1. The van der Waals surface area contributed by atoms with Crippen LogP contribution in [0.1, 0.15) is 12.6 Å². The highest BCUT2D eigenvalue weighted by Gasteiger charge is 2.04. The monoisotopic (exact) mass is 270 g/mol. The smallest absolute Gasteiger partial charge is 0.137 e. The SMILES string of the molecule is CC(CO)CSCc1cn2cc(Cl)ccc2n1. The van der Waals surface area contributed by atoms with Gasteiger partial charge < -0.3 is 9.51 Å². The summed E-state index contributed by atoms with van der Waals surface area (Å²) in [5.74, 6) is 2.15. The number of hydrogen-bond acceptors (Lipinski definition) is 3. The van der Waals surface area contributed by atoms with Gasteiger partial charge in [0.1, 0.15) is 5.65 Å². The van der Waals surface area contributed by atoms with Crippen molar-refractivity contribution < 1.29 is 5.11 Å². The number of imidazole rings is 1. The summed E-state index contributed by atoms with van der Waals surface area (Å²) in [6, 6.07) is 3.75. The van der Waals surface area contributed by atoms with Crippen molar-refractivity contribution in [1.29, 1.82) is 0 Å². The average molecular weight is 271 g/mol. The fourth-order valence-electron chi connectivity index (χ4n) is 1.50. The van der Waals surface area contributed by atoms with Crippen molar-refractivity contribution in [3.05, 3.63) is 35.2 Å². The van der Waals surface area contributed by atoms with E-state index in [2.05, 4.69) is 4.98 Å². The van der Waals surface area contributed by atoms with E-state index in [-0.39, 0.29) is 6.61 Å². The lowest BCUT2D eigenvalue weighted by atomic mass is 10.2. The lowest BCUT2D eigenvalue weighted by Crippen LogP contribution is -2.03. The molecule has 2 heterocycles. The lowest BCUT2D eigenvalue weighted by molar-refractivity contribution is 0.250. The number of aromatic nitrogens is 2. The minimum Gasteiger partial charge on any atom is -0.396 e. The second-order valence-electron chi connectivity index (χ2n) is 4.15. The first-order valence-corrected chi connectivity index (χ1v) is 7.04. The van der Waals surface area contributed by atoms with Gasteiger partial charge in [-0.25, -0.2) is 4.98 Å². The van der Waals surface area contributed by atoms with Gasteiger partial charge in [-0.05, 0) is 23.8 Å². The Morgan fingerprint density at radius 2 is 2.29 bits per heavy atom. The topological polar surface area (TPSA) is 37.5 Å². The molecular formula is C12H15ClN2OS. The van der Waals surface area contributed by atoms with Gasteiger partial charge in [0.2, 0.25) is 0 Å². The zero-order valence-corrected chi connectivity index (χ0v) is 11.2. The fourth-order valence-corrected chi connectivity index (χ4v) is 2.65. The van der Waals surface area contributed by atoms with Gasteiger partial charge in [0, 0.05) is 24.8 Å². The highest BCUT2D eigenvalue weighted by Crippen LogP contribution is 2.17. The molecule has 0 aliphatic heterocycles. The molecule has 0 radical (unpaired) electrons. The van der Waals surface area contributed by atoms with E-state index in [1.54, 1.807) is 11.8 Å². The maximum Gasteiger partial charge on any atom is 0.137 e. The van der Waals surface area contributed by atoms with E-state index in [4.69, 9.17) is 16.7 Å². The van der Waals surface area contributed by atoms with E-state index in [0.29, 0.717) is 10.9 Å². The number of rotatable bonds is 5. The predicted octanol–water partition coefficient (Wildman–Crippen LogP) is 2.85. The third-order valence-corrected chi connectivity index (χ3v) is 3.96. The van der Waals surface area contributed by atoms with Crippen molar-refractivity contribution in [3.63, 3.8) is 0 Å². The van der Waals surface area contributed by atoms with Crippen molar-refractivity contribution in [2.75, 3.05) is 12.4 Å². The first-order valence-electron chi connectivity index (χ1n) is 5.51. The Hall–Kier alpha value is -0.710. The molecule has 0 aliphatic carbocycles. The standard InChI is InChI=1S/C12H15ClN2OS/c1-9(6-16)7-17-8-11-5-15-4-10(13)2-3-12(15)14-11/h2-5,9,16H,6-8H2,1H3. The summed E-state index contributed by atoms with van der Waals surface area (Å²) in [5, 5.41) is 9.64. The summed E-state index contributed by atoms with van der Waals surface area (Å²) in [5.41, 5.74) is 1.96. The van der Waals surface area contributed by atoms with Gasteiger partial charge in [-0.1, -0.05) is 18.5 Å². The maximum atomic E-state index is 8.93. The molecule has 0 amide bonds. The van der Waals surface area contributed by atoms with Crippen LogP contribution < -0.4 is 0 Å². The van der Waals surface area contributed by atoms with E-state index >= 15 is 0 Å². The first-order chi connectivity index (χ1) is 8.19. The maximum absolute atomic E-state index is 8.93. The zero-order valence-electron chi connectivity index (χ0n) is 9.64. The number of hydrogen-bond donors (Lipinski definition) is 1. The molecule has 92 valence electrons. The number of thioether (sulfide) groups is 1. The van der Waals surface area contributed by atoms with Gasteiger partial charge in [-0.15, -0.1) is 0 Å². The van der Waals surface area contributed by atoms with E-state index in [0.717, 1.165) is 22.8 Å². The second kappa shape index (κ2) is 5.76. The van der Waals surface area contributed by atoms with Crippen LogP contribution in [0.5, 0.6) is 0 Å². The van der Waals surface area contributed by atoms with Crippen molar-refractivity contribution in [2.45, 2.75) is 12.7 Å². The molecule has 2 aromatic rings. The number of aliphatic hydroxyl groups excluding tert-OH is 1. The van der Waals surface area contributed by atoms with Crippen molar-refractivity contribution in [1.82, 2.24) is 9.38 Å². The summed E-state index contributed by atoms with van der Waals surface area (Å²) in [6.45, 7) is 2.28. The Labute approximate surface area is 110 Å². The molecule has 1 N–H and O–H groups in total. The average Bonchev–Trinajstić information content (AvgIpc) is 2.70. The van der Waals surface area contributed by atoms with Crippen LogP contribution in [-0.2, 0) is 5.75 Å². The van der Waals surface area contributed by atoms with Crippen molar-refractivity contribution in [3.8, 4) is 0 Å². The minimum absolute atomic E-state index is 0.244. The lowest BCUT2D eigenvalue weighted by Gasteiger charge is -2.05. The summed E-state index contributed by atoms with van der Waals surface area (Å²) >= 11 is 7.70. The van der Waals surface area contributed by atoms with Gasteiger partial charge in [0.25, 0.3) is 0 Å². The molecule has 2 rings (SSSR count). The zero-order chi connectivity index (χ0) is 12.3. The van der Waals surface area contributed by atoms with Gasteiger partial charge in [0.15, 0.2) is 0 Å². The van der Waals surface area contributed by atoms with Gasteiger partial charge in [-0.3, -0.25) is 0 Å². The molecule has 1 unspecified atom stereocenters. The molecule has 0 aliphatic rings. The van der Waals surface area contributed by atoms with Crippen LogP contribution in [0.3, 0.4) is 0 Å². The minimum atomic E-state index is 0.244. The number of fused-ring (bicyclic) bond motifs is 1. The summed E-state index contributed by atoms with van der Waals surface area (Å²) in [6.07, 6.45) is 3.85. The number of nitrogens with zero attached hydrogens (tertiary/aromatic N) is 2. The summed E-state index contributed by atoms with van der Waals surface area (Å²) in [4.78, 5) is 4.50. The van der Waals surface area contributed by atoms with E-state index in [1.165, 1.54) is 0 Å². The van der Waals surface area contributed by atoms with Crippen LogP contribution in [0.2, 0.25) is 5.02 Å². The van der Waals surface area contributed by atoms with Crippen LogP contribution in [0, 0.1) is 5.92 Å². The molecule has 1 atom stereocenters. The molecule has 0 saturated heterocycles. The van der Waals surface area contributed by atoms with E-state index in [9.17, 15) is 0 Å². The molecule has 0 aromatic carbocycles. The third-order valence-electron chi connectivity index (χ3n) is 2.43. The molecule has 0 bridgehead atoms. The van der Waals surface area contributed by atoms with Gasteiger partial charge in [0.05, 0.1) is 10.7 Å². The van der Waals surface area contributed by atoms with Crippen LogP contribution in [0.25, 0.3) is 5.65 Å². The Balaban J connectivity index is 1.99. The van der Waals surface area contributed by atoms with Crippen molar-refractivity contribution >= 4 is 29.0 Å². The largest absolute Gasteiger partial charge is 0.396 e. The second-order valence-corrected chi connectivity index (χ2v) is 5.61. The molecule has 3 nitrogen and oxygen atoms in total. The Kier molecular flexibility index (Phi) is 4.31. The summed E-state index contributed by atoms with van der Waals surface area (Å²) < 4.78 is 1.94. The van der Waals surface area contributed by atoms with Crippen molar-refractivity contribution in [2.24, 2.45) is 5.92 Å². The predicted molar refractivity (Wildman–Crippen MR) is 72.6 cm³/mol.